The first-order valence-corrected chi connectivity index (χ1v) is 6.88. The molecule has 0 amide bonds. The molecule has 3 N–H and O–H groups in total. The van der Waals surface area contributed by atoms with Crippen LogP contribution in [0.1, 0.15) is 22.9 Å². The van der Waals surface area contributed by atoms with Crippen LogP contribution in [0.15, 0.2) is 46.9 Å². The maximum atomic E-state index is 13.4. The van der Waals surface area contributed by atoms with Crippen LogP contribution < -0.4 is 11.3 Å². The summed E-state index contributed by atoms with van der Waals surface area (Å²) in [6, 6.07) is 11.5. The Morgan fingerprint density at radius 2 is 2.05 bits per heavy atom. The van der Waals surface area contributed by atoms with Crippen LogP contribution >= 0.6 is 11.6 Å². The number of furan rings is 1. The highest BCUT2D eigenvalue weighted by Crippen LogP contribution is 2.33. The van der Waals surface area contributed by atoms with Gasteiger partial charge in [-0.25, -0.2) is 9.82 Å². The van der Waals surface area contributed by atoms with Gasteiger partial charge in [-0.15, -0.1) is 0 Å². The van der Waals surface area contributed by atoms with Crippen LogP contribution in [-0.4, -0.2) is 0 Å². The molecule has 1 unspecified atom stereocenters. The highest BCUT2D eigenvalue weighted by atomic mass is 35.5. The summed E-state index contributed by atoms with van der Waals surface area (Å²) in [5, 5.41) is 1.36. The molecule has 0 aliphatic heterocycles. The fraction of sp³-hybridized carbons (Fsp3) is 0.125. The smallest absolute Gasteiger partial charge is 0.134 e. The van der Waals surface area contributed by atoms with E-state index in [2.05, 4.69) is 5.43 Å². The molecule has 0 bridgehead atoms. The van der Waals surface area contributed by atoms with Crippen molar-refractivity contribution in [1.29, 1.82) is 0 Å². The van der Waals surface area contributed by atoms with Gasteiger partial charge < -0.3 is 4.42 Å². The SMILES string of the molecule is Cc1c(C(NN)c2cccc(Cl)c2)oc2ccc(F)cc12. The van der Waals surface area contributed by atoms with E-state index in [4.69, 9.17) is 21.9 Å². The number of hydrogen-bond acceptors (Lipinski definition) is 3. The Hall–Kier alpha value is -1.88. The fourth-order valence-electron chi connectivity index (χ4n) is 2.50. The zero-order valence-corrected chi connectivity index (χ0v) is 12.1. The number of hydrogen-bond donors (Lipinski definition) is 2. The molecule has 0 saturated heterocycles. The number of nitrogens with one attached hydrogen (secondary N) is 1. The maximum absolute atomic E-state index is 13.4. The number of hydrazine groups is 1. The zero-order chi connectivity index (χ0) is 15.0. The van der Waals surface area contributed by atoms with Gasteiger partial charge in [0.15, 0.2) is 0 Å². The Morgan fingerprint density at radius 3 is 2.76 bits per heavy atom. The molecule has 3 aromatic rings. The van der Waals surface area contributed by atoms with Crippen molar-refractivity contribution in [2.24, 2.45) is 5.84 Å². The van der Waals surface area contributed by atoms with Gasteiger partial charge in [0.25, 0.3) is 0 Å². The van der Waals surface area contributed by atoms with E-state index in [1.165, 1.54) is 12.1 Å². The van der Waals surface area contributed by atoms with E-state index in [1.807, 2.05) is 25.1 Å². The van der Waals surface area contributed by atoms with Crippen LogP contribution in [0.25, 0.3) is 11.0 Å². The maximum Gasteiger partial charge on any atom is 0.134 e. The predicted octanol–water partition coefficient (Wildman–Crippen LogP) is 4.09. The van der Waals surface area contributed by atoms with Crippen molar-refractivity contribution in [1.82, 2.24) is 5.43 Å². The van der Waals surface area contributed by atoms with Gasteiger partial charge in [0.1, 0.15) is 23.2 Å². The molecule has 0 aliphatic carbocycles. The molecule has 2 aromatic carbocycles. The van der Waals surface area contributed by atoms with Crippen molar-refractivity contribution >= 4 is 22.6 Å². The van der Waals surface area contributed by atoms with Gasteiger partial charge in [-0.05, 0) is 42.8 Å². The summed E-state index contributed by atoms with van der Waals surface area (Å²) in [6.07, 6.45) is 0. The molecule has 1 atom stereocenters. The first kappa shape index (κ1) is 14.1. The standard InChI is InChI=1S/C16H14ClFN2O/c1-9-13-8-12(18)5-6-14(13)21-16(9)15(20-19)10-3-2-4-11(17)7-10/h2-8,15,20H,19H2,1H3. The van der Waals surface area contributed by atoms with Crippen LogP contribution in [-0.2, 0) is 0 Å². The van der Waals surface area contributed by atoms with E-state index < -0.39 is 0 Å². The van der Waals surface area contributed by atoms with Crippen molar-refractivity contribution < 1.29 is 8.81 Å². The molecule has 3 rings (SSSR count). The summed E-state index contributed by atoms with van der Waals surface area (Å²) < 4.78 is 19.2. The van der Waals surface area contributed by atoms with Crippen molar-refractivity contribution in [3.63, 3.8) is 0 Å². The minimum absolute atomic E-state index is 0.294. The van der Waals surface area contributed by atoms with Crippen LogP contribution in [0.4, 0.5) is 4.39 Å². The Kier molecular flexibility index (Phi) is 3.68. The molecule has 3 nitrogen and oxygen atoms in total. The summed E-state index contributed by atoms with van der Waals surface area (Å²) in [7, 11) is 0. The molecule has 108 valence electrons. The van der Waals surface area contributed by atoms with E-state index in [0.29, 0.717) is 16.4 Å². The summed E-state index contributed by atoms with van der Waals surface area (Å²) in [5.41, 5.74) is 5.10. The van der Waals surface area contributed by atoms with Gasteiger partial charge in [-0.3, -0.25) is 5.84 Å². The van der Waals surface area contributed by atoms with Crippen LogP contribution in [0.5, 0.6) is 0 Å². The quantitative estimate of drug-likeness (QED) is 0.566. The first-order chi connectivity index (χ1) is 10.1. The second-order valence-corrected chi connectivity index (χ2v) is 5.32. The van der Waals surface area contributed by atoms with E-state index in [0.717, 1.165) is 16.5 Å². The molecule has 1 aromatic heterocycles. The number of benzene rings is 2. The van der Waals surface area contributed by atoms with Gasteiger partial charge in [-0.1, -0.05) is 23.7 Å². The van der Waals surface area contributed by atoms with E-state index in [-0.39, 0.29) is 11.9 Å². The summed E-state index contributed by atoms with van der Waals surface area (Å²) >= 11 is 6.02. The largest absolute Gasteiger partial charge is 0.459 e. The lowest BCUT2D eigenvalue weighted by Gasteiger charge is -2.15. The third-order valence-corrected chi connectivity index (χ3v) is 3.78. The van der Waals surface area contributed by atoms with Gasteiger partial charge in [-0.2, -0.15) is 0 Å². The average molecular weight is 305 g/mol. The molecule has 0 spiro atoms. The Labute approximate surface area is 126 Å². The van der Waals surface area contributed by atoms with Crippen molar-refractivity contribution in [2.75, 3.05) is 0 Å². The van der Waals surface area contributed by atoms with Crippen molar-refractivity contribution in [3.05, 3.63) is 70.2 Å². The van der Waals surface area contributed by atoms with E-state index in [9.17, 15) is 4.39 Å². The highest BCUT2D eigenvalue weighted by molar-refractivity contribution is 6.30. The lowest BCUT2D eigenvalue weighted by molar-refractivity contribution is 0.473. The Bertz CT molecular complexity index is 800. The number of halogens is 2. The molecule has 0 fully saturated rings. The minimum Gasteiger partial charge on any atom is -0.459 e. The van der Waals surface area contributed by atoms with Gasteiger partial charge in [0, 0.05) is 16.0 Å². The average Bonchev–Trinajstić information content (AvgIpc) is 2.77. The highest BCUT2D eigenvalue weighted by Gasteiger charge is 2.21. The lowest BCUT2D eigenvalue weighted by Crippen LogP contribution is -2.29. The minimum atomic E-state index is -0.348. The van der Waals surface area contributed by atoms with Crippen LogP contribution in [0.3, 0.4) is 0 Å². The number of nitrogens with two attached hydrogens (primary N) is 1. The molecule has 1 heterocycles. The van der Waals surface area contributed by atoms with Crippen LogP contribution in [0, 0.1) is 12.7 Å². The van der Waals surface area contributed by atoms with Gasteiger partial charge in [0.2, 0.25) is 0 Å². The number of rotatable bonds is 3. The monoisotopic (exact) mass is 304 g/mol. The zero-order valence-electron chi connectivity index (χ0n) is 11.4. The third kappa shape index (κ3) is 2.53. The second-order valence-electron chi connectivity index (χ2n) is 4.89. The van der Waals surface area contributed by atoms with Crippen LogP contribution in [0.2, 0.25) is 5.02 Å². The molecular weight excluding hydrogens is 291 g/mol. The van der Waals surface area contributed by atoms with Crippen molar-refractivity contribution in [3.8, 4) is 0 Å². The van der Waals surface area contributed by atoms with E-state index in [1.54, 1.807) is 12.1 Å². The predicted molar refractivity (Wildman–Crippen MR) is 81.5 cm³/mol. The molecule has 0 aliphatic rings. The normalized spacial score (nSPS) is 12.8. The molecule has 0 saturated carbocycles. The Balaban J connectivity index is 2.15. The molecule has 0 radical (unpaired) electrons. The Morgan fingerprint density at radius 1 is 1.24 bits per heavy atom. The summed E-state index contributed by atoms with van der Waals surface area (Å²) in [4.78, 5) is 0. The molecule has 5 heteroatoms. The number of fused-ring (bicyclic) bond motifs is 1. The first-order valence-electron chi connectivity index (χ1n) is 6.50. The van der Waals surface area contributed by atoms with Crippen molar-refractivity contribution in [2.45, 2.75) is 13.0 Å². The third-order valence-electron chi connectivity index (χ3n) is 3.55. The topological polar surface area (TPSA) is 51.2 Å². The summed E-state index contributed by atoms with van der Waals surface area (Å²) in [5.74, 6) is 6.04. The molecular formula is C16H14ClFN2O. The number of aryl methyl sites for hydroxylation is 1. The lowest BCUT2D eigenvalue weighted by atomic mass is 10.0. The fourth-order valence-corrected chi connectivity index (χ4v) is 2.70. The van der Waals surface area contributed by atoms with Gasteiger partial charge in [0.05, 0.1) is 0 Å². The molecule has 21 heavy (non-hydrogen) atoms. The summed E-state index contributed by atoms with van der Waals surface area (Å²) in [6.45, 7) is 1.88. The van der Waals surface area contributed by atoms with Gasteiger partial charge >= 0.3 is 0 Å². The van der Waals surface area contributed by atoms with E-state index >= 15 is 0 Å². The second kappa shape index (κ2) is 5.48.